The molecule has 98 valence electrons. The highest BCUT2D eigenvalue weighted by atomic mass is 16.5. The van der Waals surface area contributed by atoms with Gasteiger partial charge in [-0.1, -0.05) is 13.0 Å². The van der Waals surface area contributed by atoms with Crippen LogP contribution in [0.1, 0.15) is 37.0 Å². The Balaban J connectivity index is 1.89. The molecule has 1 aliphatic carbocycles. The Kier molecular flexibility index (Phi) is 4.20. The summed E-state index contributed by atoms with van der Waals surface area (Å²) in [4.78, 5) is 11.4. The third kappa shape index (κ3) is 3.01. The highest BCUT2D eigenvalue weighted by molar-refractivity contribution is 5.77. The van der Waals surface area contributed by atoms with Crippen molar-refractivity contribution in [2.75, 3.05) is 13.2 Å². The quantitative estimate of drug-likeness (QED) is 0.832. The second-order valence-electron chi connectivity index (χ2n) is 4.55. The van der Waals surface area contributed by atoms with E-state index < -0.39 is 0 Å². The number of aliphatic hydroxyl groups excluding tert-OH is 1. The van der Waals surface area contributed by atoms with Crippen LogP contribution < -0.4 is 10.1 Å². The number of aryl methyl sites for hydroxylation is 1. The molecule has 0 heterocycles. The molecule has 2 rings (SSSR count). The number of fused-ring (bicyclic) bond motifs is 1. The van der Waals surface area contributed by atoms with Crippen LogP contribution in [-0.2, 0) is 11.2 Å². The maximum atomic E-state index is 11.4. The topological polar surface area (TPSA) is 58.6 Å². The maximum Gasteiger partial charge on any atom is 0.257 e. The van der Waals surface area contributed by atoms with Gasteiger partial charge in [-0.2, -0.15) is 0 Å². The molecule has 4 nitrogen and oxygen atoms in total. The minimum atomic E-state index is -0.345. The highest BCUT2D eigenvalue weighted by Crippen LogP contribution is 2.33. The normalized spacial score (nSPS) is 17.3. The van der Waals surface area contributed by atoms with Gasteiger partial charge in [-0.3, -0.25) is 4.79 Å². The van der Waals surface area contributed by atoms with Gasteiger partial charge in [0.15, 0.2) is 6.61 Å². The predicted octanol–water partition coefficient (Wildman–Crippen LogP) is 1.57. The van der Waals surface area contributed by atoms with Crippen molar-refractivity contribution in [2.45, 2.75) is 32.3 Å². The molecule has 4 heteroatoms. The van der Waals surface area contributed by atoms with Gasteiger partial charge < -0.3 is 15.2 Å². The molecule has 0 saturated heterocycles. The summed E-state index contributed by atoms with van der Waals surface area (Å²) in [6.07, 6.45) is 2.22. The SMILES string of the molecule is CCCNC(=O)COc1ccc2c(c1)CC[C@H]2O. The van der Waals surface area contributed by atoms with E-state index in [-0.39, 0.29) is 18.6 Å². The molecule has 0 radical (unpaired) electrons. The maximum absolute atomic E-state index is 11.4. The summed E-state index contributed by atoms with van der Waals surface area (Å²) in [6.45, 7) is 2.73. The number of ether oxygens (including phenoxy) is 1. The van der Waals surface area contributed by atoms with Crippen LogP contribution in [0.4, 0.5) is 0 Å². The number of benzene rings is 1. The van der Waals surface area contributed by atoms with Gasteiger partial charge in [0.25, 0.3) is 5.91 Å². The van der Waals surface area contributed by atoms with Crippen LogP contribution in [0.25, 0.3) is 0 Å². The lowest BCUT2D eigenvalue weighted by Crippen LogP contribution is -2.29. The molecule has 0 spiro atoms. The minimum absolute atomic E-state index is 0.0430. The van der Waals surface area contributed by atoms with E-state index in [0.29, 0.717) is 12.3 Å². The third-order valence-electron chi connectivity index (χ3n) is 3.10. The van der Waals surface area contributed by atoms with Crippen LogP contribution in [0.2, 0.25) is 0 Å². The molecule has 1 amide bonds. The van der Waals surface area contributed by atoms with Crippen molar-refractivity contribution in [3.05, 3.63) is 29.3 Å². The molecule has 1 aromatic rings. The van der Waals surface area contributed by atoms with E-state index >= 15 is 0 Å². The van der Waals surface area contributed by atoms with Crippen LogP contribution in [0.15, 0.2) is 18.2 Å². The van der Waals surface area contributed by atoms with Crippen molar-refractivity contribution in [3.63, 3.8) is 0 Å². The van der Waals surface area contributed by atoms with E-state index in [1.165, 1.54) is 0 Å². The summed E-state index contributed by atoms with van der Waals surface area (Å²) in [5, 5.41) is 12.4. The Morgan fingerprint density at radius 1 is 1.56 bits per heavy atom. The second-order valence-corrected chi connectivity index (χ2v) is 4.55. The summed E-state index contributed by atoms with van der Waals surface area (Å²) in [7, 11) is 0. The molecule has 1 aromatic carbocycles. The Morgan fingerprint density at radius 3 is 3.17 bits per heavy atom. The van der Waals surface area contributed by atoms with Gasteiger partial charge >= 0.3 is 0 Å². The molecule has 0 unspecified atom stereocenters. The van der Waals surface area contributed by atoms with Gasteiger partial charge in [-0.25, -0.2) is 0 Å². The number of hydrogen-bond acceptors (Lipinski definition) is 3. The van der Waals surface area contributed by atoms with Gasteiger partial charge in [0.2, 0.25) is 0 Å². The summed E-state index contributed by atoms with van der Waals surface area (Å²) >= 11 is 0. The standard InChI is InChI=1S/C14H19NO3/c1-2-7-15-14(17)9-18-11-4-5-12-10(8-11)3-6-13(12)16/h4-5,8,13,16H,2-3,6-7,9H2,1H3,(H,15,17)/t13-/m1/s1. The first-order valence-electron chi connectivity index (χ1n) is 6.41. The Labute approximate surface area is 107 Å². The molecule has 0 aromatic heterocycles. The molecule has 0 saturated carbocycles. The number of rotatable bonds is 5. The zero-order valence-electron chi connectivity index (χ0n) is 10.6. The molecular formula is C14H19NO3. The lowest BCUT2D eigenvalue weighted by molar-refractivity contribution is -0.123. The van der Waals surface area contributed by atoms with E-state index in [9.17, 15) is 9.90 Å². The summed E-state index contributed by atoms with van der Waals surface area (Å²) in [5.74, 6) is 0.590. The van der Waals surface area contributed by atoms with Gasteiger partial charge in [-0.15, -0.1) is 0 Å². The van der Waals surface area contributed by atoms with Crippen LogP contribution in [-0.4, -0.2) is 24.2 Å². The number of hydrogen-bond donors (Lipinski definition) is 2. The molecule has 1 aliphatic rings. The van der Waals surface area contributed by atoms with Crippen molar-refractivity contribution in [2.24, 2.45) is 0 Å². The monoisotopic (exact) mass is 249 g/mol. The fraction of sp³-hybridized carbons (Fsp3) is 0.500. The molecule has 18 heavy (non-hydrogen) atoms. The van der Waals surface area contributed by atoms with Crippen molar-refractivity contribution in [1.82, 2.24) is 5.32 Å². The smallest absolute Gasteiger partial charge is 0.257 e. The zero-order valence-corrected chi connectivity index (χ0v) is 10.6. The fourth-order valence-corrected chi connectivity index (χ4v) is 2.13. The fourth-order valence-electron chi connectivity index (χ4n) is 2.13. The van der Waals surface area contributed by atoms with Gasteiger partial charge in [0.1, 0.15) is 5.75 Å². The average molecular weight is 249 g/mol. The number of amides is 1. The molecule has 0 aliphatic heterocycles. The zero-order chi connectivity index (χ0) is 13.0. The first-order chi connectivity index (χ1) is 8.70. The lowest BCUT2D eigenvalue weighted by atomic mass is 10.1. The number of nitrogens with one attached hydrogen (secondary N) is 1. The number of aliphatic hydroxyl groups is 1. The molecule has 0 fully saturated rings. The largest absolute Gasteiger partial charge is 0.484 e. The molecule has 2 N–H and O–H groups in total. The van der Waals surface area contributed by atoms with E-state index in [4.69, 9.17) is 4.74 Å². The first kappa shape index (κ1) is 12.9. The van der Waals surface area contributed by atoms with E-state index in [2.05, 4.69) is 5.32 Å². The Bertz CT molecular complexity index is 431. The van der Waals surface area contributed by atoms with E-state index in [0.717, 1.165) is 30.4 Å². The van der Waals surface area contributed by atoms with Crippen molar-refractivity contribution < 1.29 is 14.6 Å². The molecule has 1 atom stereocenters. The van der Waals surface area contributed by atoms with E-state index in [1.54, 1.807) is 6.07 Å². The van der Waals surface area contributed by atoms with Gasteiger partial charge in [-0.05, 0) is 42.5 Å². The van der Waals surface area contributed by atoms with Gasteiger partial charge in [0, 0.05) is 6.54 Å². The third-order valence-corrected chi connectivity index (χ3v) is 3.10. The molecular weight excluding hydrogens is 230 g/mol. The lowest BCUT2D eigenvalue weighted by Gasteiger charge is -2.09. The van der Waals surface area contributed by atoms with Crippen LogP contribution >= 0.6 is 0 Å². The summed E-state index contributed by atoms with van der Waals surface area (Å²) in [5.41, 5.74) is 2.10. The van der Waals surface area contributed by atoms with Crippen LogP contribution in [0.3, 0.4) is 0 Å². The summed E-state index contributed by atoms with van der Waals surface area (Å²) in [6, 6.07) is 5.60. The van der Waals surface area contributed by atoms with Crippen LogP contribution in [0.5, 0.6) is 5.75 Å². The van der Waals surface area contributed by atoms with Crippen molar-refractivity contribution in [3.8, 4) is 5.75 Å². The number of carbonyl (C=O) groups is 1. The minimum Gasteiger partial charge on any atom is -0.484 e. The number of carbonyl (C=O) groups excluding carboxylic acids is 1. The highest BCUT2D eigenvalue weighted by Gasteiger charge is 2.20. The molecule has 0 bridgehead atoms. The Hall–Kier alpha value is -1.55. The first-order valence-corrected chi connectivity index (χ1v) is 6.41. The van der Waals surface area contributed by atoms with Crippen molar-refractivity contribution >= 4 is 5.91 Å². The van der Waals surface area contributed by atoms with Gasteiger partial charge in [0.05, 0.1) is 6.10 Å². The predicted molar refractivity (Wildman–Crippen MR) is 68.5 cm³/mol. The Morgan fingerprint density at radius 2 is 2.39 bits per heavy atom. The van der Waals surface area contributed by atoms with E-state index in [1.807, 2.05) is 19.1 Å². The van der Waals surface area contributed by atoms with Crippen LogP contribution in [0, 0.1) is 0 Å². The summed E-state index contributed by atoms with van der Waals surface area (Å²) < 4.78 is 5.43. The van der Waals surface area contributed by atoms with Crippen molar-refractivity contribution in [1.29, 1.82) is 0 Å². The average Bonchev–Trinajstić information content (AvgIpc) is 2.75. The second kappa shape index (κ2) is 5.87.